The second kappa shape index (κ2) is 4.86. The summed E-state index contributed by atoms with van der Waals surface area (Å²) < 4.78 is 30.6. The lowest BCUT2D eigenvalue weighted by Crippen LogP contribution is -2.12. The van der Waals surface area contributed by atoms with E-state index in [-0.39, 0.29) is 4.90 Å². The Balaban J connectivity index is 2.81. The third-order valence-corrected chi connectivity index (χ3v) is 3.84. The second-order valence-corrected chi connectivity index (χ2v) is 6.47. The first-order valence-corrected chi connectivity index (χ1v) is 7.58. The van der Waals surface area contributed by atoms with Crippen molar-refractivity contribution < 1.29 is 13.2 Å². The molecule has 5 nitrogen and oxygen atoms in total. The number of fused-ring (bicyclic) bond motifs is 1. The van der Waals surface area contributed by atoms with Gasteiger partial charge in [-0.15, -0.1) is 0 Å². The van der Waals surface area contributed by atoms with Gasteiger partial charge in [-0.05, 0) is 18.1 Å². The lowest BCUT2D eigenvalue weighted by molar-refractivity contribution is 0.419. The van der Waals surface area contributed by atoms with E-state index in [1.165, 1.54) is 7.11 Å². The van der Waals surface area contributed by atoms with E-state index in [4.69, 9.17) is 9.88 Å². The van der Waals surface area contributed by atoms with Crippen molar-refractivity contribution in [2.75, 3.05) is 7.11 Å². The van der Waals surface area contributed by atoms with Crippen LogP contribution in [0, 0.1) is 5.92 Å². The standard InChI is InChI=1S/C13H18N2O3S/c1-9(2)7-15-8-12(19(14,16)17)13-10(15)5-4-6-11(13)18-3/h4-6,8-9H,7H2,1-3H3,(H2,14,16,17). The molecular weight excluding hydrogens is 264 g/mol. The average molecular weight is 282 g/mol. The molecule has 0 atom stereocenters. The summed E-state index contributed by atoms with van der Waals surface area (Å²) in [4.78, 5) is 0.112. The van der Waals surface area contributed by atoms with Gasteiger partial charge >= 0.3 is 0 Å². The number of hydrogen-bond donors (Lipinski definition) is 1. The fourth-order valence-corrected chi connectivity index (χ4v) is 2.98. The molecule has 0 unspecified atom stereocenters. The summed E-state index contributed by atoms with van der Waals surface area (Å²) in [5.74, 6) is 0.916. The molecular formula is C13H18N2O3S. The summed E-state index contributed by atoms with van der Waals surface area (Å²) in [5.41, 5.74) is 0.817. The fraction of sp³-hybridized carbons (Fsp3) is 0.385. The van der Waals surface area contributed by atoms with Crippen LogP contribution >= 0.6 is 0 Å². The highest BCUT2D eigenvalue weighted by Crippen LogP contribution is 2.33. The number of sulfonamides is 1. The number of benzene rings is 1. The molecule has 0 aliphatic heterocycles. The smallest absolute Gasteiger partial charge is 0.240 e. The van der Waals surface area contributed by atoms with Crippen LogP contribution < -0.4 is 9.88 Å². The predicted molar refractivity (Wildman–Crippen MR) is 74.7 cm³/mol. The monoisotopic (exact) mass is 282 g/mol. The summed E-state index contributed by atoms with van der Waals surface area (Å²) in [5, 5.41) is 5.84. The summed E-state index contributed by atoms with van der Waals surface area (Å²) in [6.45, 7) is 4.87. The molecule has 2 N–H and O–H groups in total. The van der Waals surface area contributed by atoms with Crippen LogP contribution in [0.3, 0.4) is 0 Å². The van der Waals surface area contributed by atoms with E-state index in [2.05, 4.69) is 13.8 Å². The Morgan fingerprint density at radius 1 is 1.37 bits per heavy atom. The van der Waals surface area contributed by atoms with Crippen LogP contribution in [0.5, 0.6) is 5.75 Å². The first kappa shape index (κ1) is 13.9. The molecule has 0 amide bonds. The molecule has 0 saturated carbocycles. The summed E-state index contributed by atoms with van der Waals surface area (Å²) in [7, 11) is -2.26. The van der Waals surface area contributed by atoms with E-state index in [1.54, 1.807) is 12.3 Å². The Morgan fingerprint density at radius 2 is 2.05 bits per heavy atom. The summed E-state index contributed by atoms with van der Waals surface area (Å²) in [6, 6.07) is 5.44. The molecule has 19 heavy (non-hydrogen) atoms. The highest BCUT2D eigenvalue weighted by Gasteiger charge is 2.20. The van der Waals surface area contributed by atoms with Crippen molar-refractivity contribution in [3.05, 3.63) is 24.4 Å². The van der Waals surface area contributed by atoms with Crippen molar-refractivity contribution in [3.8, 4) is 5.75 Å². The van der Waals surface area contributed by atoms with Gasteiger partial charge in [-0.1, -0.05) is 19.9 Å². The van der Waals surface area contributed by atoms with Crippen molar-refractivity contribution in [2.45, 2.75) is 25.3 Å². The minimum Gasteiger partial charge on any atom is -0.496 e. The maximum absolute atomic E-state index is 11.7. The third kappa shape index (κ3) is 2.59. The normalized spacial score (nSPS) is 12.3. The number of nitrogens with two attached hydrogens (primary N) is 1. The van der Waals surface area contributed by atoms with E-state index in [0.29, 0.717) is 17.1 Å². The molecule has 2 aromatic rings. The van der Waals surface area contributed by atoms with Gasteiger partial charge in [0.25, 0.3) is 0 Å². The van der Waals surface area contributed by atoms with Crippen LogP contribution in [0.15, 0.2) is 29.3 Å². The van der Waals surface area contributed by atoms with Crippen LogP contribution in [0.1, 0.15) is 13.8 Å². The van der Waals surface area contributed by atoms with Crippen LogP contribution in [0.25, 0.3) is 10.9 Å². The highest BCUT2D eigenvalue weighted by atomic mass is 32.2. The molecule has 2 rings (SSSR count). The molecule has 0 bridgehead atoms. The van der Waals surface area contributed by atoms with Crippen LogP contribution in [0.4, 0.5) is 0 Å². The maximum atomic E-state index is 11.7. The van der Waals surface area contributed by atoms with Gasteiger partial charge in [0.2, 0.25) is 10.0 Å². The molecule has 0 saturated heterocycles. The van der Waals surface area contributed by atoms with Gasteiger partial charge in [-0.3, -0.25) is 0 Å². The van der Waals surface area contributed by atoms with Crippen LogP contribution in [0.2, 0.25) is 0 Å². The fourth-order valence-electron chi connectivity index (χ4n) is 2.21. The SMILES string of the molecule is COc1cccc2c1c(S(N)(=O)=O)cn2CC(C)C. The van der Waals surface area contributed by atoms with Crippen molar-refractivity contribution in [1.29, 1.82) is 0 Å². The minimum atomic E-state index is -3.78. The molecule has 1 heterocycles. The van der Waals surface area contributed by atoms with Crippen molar-refractivity contribution in [1.82, 2.24) is 4.57 Å². The van der Waals surface area contributed by atoms with Crippen molar-refractivity contribution >= 4 is 20.9 Å². The van der Waals surface area contributed by atoms with Crippen LogP contribution in [-0.2, 0) is 16.6 Å². The molecule has 0 spiro atoms. The quantitative estimate of drug-likeness (QED) is 0.931. The van der Waals surface area contributed by atoms with Crippen molar-refractivity contribution in [3.63, 3.8) is 0 Å². The second-order valence-electron chi connectivity index (χ2n) is 4.94. The molecule has 104 valence electrons. The number of primary sulfonamides is 1. The highest BCUT2D eigenvalue weighted by molar-refractivity contribution is 7.89. The average Bonchev–Trinajstić information content (AvgIpc) is 2.67. The Labute approximate surface area is 113 Å². The summed E-state index contributed by atoms with van der Waals surface area (Å²) >= 11 is 0. The Morgan fingerprint density at radius 3 is 2.58 bits per heavy atom. The molecule has 1 aromatic carbocycles. The lowest BCUT2D eigenvalue weighted by atomic mass is 10.2. The van der Waals surface area contributed by atoms with E-state index in [1.807, 2.05) is 16.7 Å². The van der Waals surface area contributed by atoms with Crippen LogP contribution in [-0.4, -0.2) is 20.1 Å². The van der Waals surface area contributed by atoms with E-state index >= 15 is 0 Å². The zero-order valence-corrected chi connectivity index (χ0v) is 12.1. The molecule has 0 aliphatic rings. The predicted octanol–water partition coefficient (Wildman–Crippen LogP) is 1.95. The van der Waals surface area contributed by atoms with Gasteiger partial charge < -0.3 is 9.30 Å². The minimum absolute atomic E-state index is 0.112. The molecule has 0 radical (unpaired) electrons. The largest absolute Gasteiger partial charge is 0.496 e. The molecule has 0 aliphatic carbocycles. The zero-order chi connectivity index (χ0) is 14.2. The van der Waals surface area contributed by atoms with Gasteiger partial charge in [0.15, 0.2) is 0 Å². The Bertz CT molecular complexity index is 702. The topological polar surface area (TPSA) is 74.3 Å². The van der Waals surface area contributed by atoms with E-state index in [0.717, 1.165) is 12.1 Å². The molecule has 1 aromatic heterocycles. The molecule has 0 fully saturated rings. The van der Waals surface area contributed by atoms with E-state index < -0.39 is 10.0 Å². The summed E-state index contributed by atoms with van der Waals surface area (Å²) in [6.07, 6.45) is 1.59. The first-order valence-electron chi connectivity index (χ1n) is 6.03. The van der Waals surface area contributed by atoms with Gasteiger partial charge in [-0.25, -0.2) is 13.6 Å². The van der Waals surface area contributed by atoms with Gasteiger partial charge in [0.1, 0.15) is 10.6 Å². The third-order valence-electron chi connectivity index (χ3n) is 2.92. The number of nitrogens with zero attached hydrogens (tertiary/aromatic N) is 1. The van der Waals surface area contributed by atoms with Gasteiger partial charge in [0.05, 0.1) is 18.0 Å². The molecule has 6 heteroatoms. The van der Waals surface area contributed by atoms with Crippen molar-refractivity contribution in [2.24, 2.45) is 11.1 Å². The maximum Gasteiger partial charge on any atom is 0.240 e. The number of aromatic nitrogens is 1. The van der Waals surface area contributed by atoms with E-state index in [9.17, 15) is 8.42 Å². The van der Waals surface area contributed by atoms with Gasteiger partial charge in [0, 0.05) is 12.7 Å². The Hall–Kier alpha value is -1.53. The number of rotatable bonds is 4. The number of ether oxygens (including phenoxy) is 1. The number of methoxy groups -OCH3 is 1. The zero-order valence-electron chi connectivity index (χ0n) is 11.3. The Kier molecular flexibility index (Phi) is 3.56. The first-order chi connectivity index (χ1) is 8.84. The van der Waals surface area contributed by atoms with Gasteiger partial charge in [-0.2, -0.15) is 0 Å². The lowest BCUT2D eigenvalue weighted by Gasteiger charge is -2.08. The number of hydrogen-bond acceptors (Lipinski definition) is 3.